The third-order valence-electron chi connectivity index (χ3n) is 3.26. The molecule has 4 unspecified atom stereocenters. The number of rotatable bonds is 9. The van der Waals surface area contributed by atoms with Crippen molar-refractivity contribution < 1.29 is 29.4 Å². The van der Waals surface area contributed by atoms with Crippen molar-refractivity contribution in [3.63, 3.8) is 0 Å². The Morgan fingerprint density at radius 1 is 0.875 bits per heavy atom. The first-order valence-corrected chi connectivity index (χ1v) is 7.51. The molecule has 0 fully saturated rings. The van der Waals surface area contributed by atoms with Crippen molar-refractivity contribution in [1.29, 1.82) is 0 Å². The van der Waals surface area contributed by atoms with Crippen LogP contribution < -0.4 is 21.7 Å². The number of nitrogens with one attached hydrogen (secondary N) is 3. The lowest BCUT2D eigenvalue weighted by Gasteiger charge is -2.25. The lowest BCUT2D eigenvalue weighted by Crippen LogP contribution is -2.57. The summed E-state index contributed by atoms with van der Waals surface area (Å²) in [5, 5.41) is 24.7. The monoisotopic (exact) mass is 346 g/mol. The van der Waals surface area contributed by atoms with E-state index < -0.39 is 54.5 Å². The molecule has 7 N–H and O–H groups in total. The van der Waals surface area contributed by atoms with Gasteiger partial charge in [-0.05, 0) is 19.8 Å². The maximum Gasteiger partial charge on any atom is 0.325 e. The number of carbonyl (C=O) groups excluding carboxylic acids is 3. The van der Waals surface area contributed by atoms with Gasteiger partial charge in [0.05, 0.1) is 6.61 Å². The van der Waals surface area contributed by atoms with Gasteiger partial charge in [-0.1, -0.05) is 13.8 Å². The number of amides is 3. The number of nitrogens with two attached hydrogens (primary N) is 1. The summed E-state index contributed by atoms with van der Waals surface area (Å²) in [6.45, 7) is 5.50. The summed E-state index contributed by atoms with van der Waals surface area (Å²) in [6.07, 6.45) is 0. The third kappa shape index (κ3) is 6.92. The molecule has 0 saturated carbocycles. The predicted octanol–water partition coefficient (Wildman–Crippen LogP) is -2.46. The van der Waals surface area contributed by atoms with Crippen LogP contribution >= 0.6 is 0 Å². The molecular weight excluding hydrogens is 320 g/mol. The number of carboxylic acids is 1. The van der Waals surface area contributed by atoms with Crippen molar-refractivity contribution in [1.82, 2.24) is 16.0 Å². The SMILES string of the molecule is CC(NC(=O)C(NC(=O)C(C)NC(=O)C(N)CO)C(C)C)C(=O)O. The van der Waals surface area contributed by atoms with Gasteiger partial charge in [0.1, 0.15) is 24.2 Å². The average Bonchev–Trinajstić information content (AvgIpc) is 2.50. The van der Waals surface area contributed by atoms with Crippen molar-refractivity contribution in [3.8, 4) is 0 Å². The van der Waals surface area contributed by atoms with Crippen molar-refractivity contribution in [2.45, 2.75) is 51.9 Å². The number of carboxylic acid groups (broad SMARTS) is 1. The highest BCUT2D eigenvalue weighted by molar-refractivity contribution is 5.93. The maximum absolute atomic E-state index is 12.1. The largest absolute Gasteiger partial charge is 0.480 e. The van der Waals surface area contributed by atoms with E-state index in [0.29, 0.717) is 0 Å². The van der Waals surface area contributed by atoms with Crippen molar-refractivity contribution in [2.24, 2.45) is 11.7 Å². The molecule has 0 aromatic carbocycles. The van der Waals surface area contributed by atoms with Gasteiger partial charge in [0, 0.05) is 0 Å². The summed E-state index contributed by atoms with van der Waals surface area (Å²) in [7, 11) is 0. The summed E-state index contributed by atoms with van der Waals surface area (Å²) in [4.78, 5) is 46.5. The van der Waals surface area contributed by atoms with Crippen LogP contribution in [0.4, 0.5) is 0 Å². The molecule has 138 valence electrons. The Morgan fingerprint density at radius 2 is 1.38 bits per heavy atom. The standard InChI is InChI=1S/C14H26N4O6/c1-6(2)10(13(22)17-8(4)14(23)24)18-11(20)7(3)16-12(21)9(15)5-19/h6-10,19H,5,15H2,1-4H3,(H,16,21)(H,17,22)(H,18,20)(H,23,24). The number of aliphatic hydroxyl groups is 1. The number of hydrogen-bond donors (Lipinski definition) is 6. The molecular formula is C14H26N4O6. The van der Waals surface area contributed by atoms with Crippen LogP contribution in [0.15, 0.2) is 0 Å². The van der Waals surface area contributed by atoms with Gasteiger partial charge in [-0.3, -0.25) is 19.2 Å². The first kappa shape index (κ1) is 21.8. The Morgan fingerprint density at radius 3 is 1.79 bits per heavy atom. The molecule has 0 saturated heterocycles. The van der Waals surface area contributed by atoms with Gasteiger partial charge < -0.3 is 31.9 Å². The van der Waals surface area contributed by atoms with E-state index in [1.54, 1.807) is 13.8 Å². The molecule has 0 aromatic rings. The van der Waals surface area contributed by atoms with Crippen LogP contribution in [0.3, 0.4) is 0 Å². The zero-order chi connectivity index (χ0) is 19.0. The van der Waals surface area contributed by atoms with E-state index in [9.17, 15) is 19.2 Å². The Labute approximate surface area is 140 Å². The predicted molar refractivity (Wildman–Crippen MR) is 84.7 cm³/mol. The molecule has 10 nitrogen and oxygen atoms in total. The molecule has 0 spiro atoms. The summed E-state index contributed by atoms with van der Waals surface area (Å²) in [5.41, 5.74) is 5.33. The van der Waals surface area contributed by atoms with E-state index in [2.05, 4.69) is 16.0 Å². The van der Waals surface area contributed by atoms with Crippen LogP contribution in [0.2, 0.25) is 0 Å². The lowest BCUT2D eigenvalue weighted by molar-refractivity contribution is -0.142. The van der Waals surface area contributed by atoms with Crippen LogP contribution in [0, 0.1) is 5.92 Å². The number of hydrogen-bond acceptors (Lipinski definition) is 6. The van der Waals surface area contributed by atoms with E-state index in [4.69, 9.17) is 15.9 Å². The highest BCUT2D eigenvalue weighted by Crippen LogP contribution is 2.03. The highest BCUT2D eigenvalue weighted by Gasteiger charge is 2.29. The normalized spacial score (nSPS) is 15.8. The molecule has 10 heteroatoms. The molecule has 0 aliphatic rings. The molecule has 0 aliphatic carbocycles. The van der Waals surface area contributed by atoms with Gasteiger partial charge in [-0.2, -0.15) is 0 Å². The Balaban J connectivity index is 4.82. The number of carbonyl (C=O) groups is 4. The molecule has 4 atom stereocenters. The zero-order valence-electron chi connectivity index (χ0n) is 14.2. The van der Waals surface area contributed by atoms with Gasteiger partial charge >= 0.3 is 5.97 Å². The Hall–Kier alpha value is -2.20. The van der Waals surface area contributed by atoms with Crippen LogP contribution in [-0.4, -0.2) is 64.7 Å². The fourth-order valence-corrected chi connectivity index (χ4v) is 1.65. The molecule has 0 heterocycles. The highest BCUT2D eigenvalue weighted by atomic mass is 16.4. The minimum Gasteiger partial charge on any atom is -0.480 e. The van der Waals surface area contributed by atoms with Crippen LogP contribution in [0.1, 0.15) is 27.7 Å². The van der Waals surface area contributed by atoms with Gasteiger partial charge in [0.25, 0.3) is 0 Å². The number of aliphatic hydroxyl groups excluding tert-OH is 1. The fraction of sp³-hybridized carbons (Fsp3) is 0.714. The van der Waals surface area contributed by atoms with Crippen molar-refractivity contribution in [3.05, 3.63) is 0 Å². The number of aliphatic carboxylic acids is 1. The van der Waals surface area contributed by atoms with E-state index in [-0.39, 0.29) is 5.92 Å². The van der Waals surface area contributed by atoms with Gasteiger partial charge in [-0.25, -0.2) is 0 Å². The summed E-state index contributed by atoms with van der Waals surface area (Å²) in [5.74, 6) is -3.48. The van der Waals surface area contributed by atoms with Crippen LogP contribution in [0.5, 0.6) is 0 Å². The molecule has 0 aliphatic heterocycles. The average molecular weight is 346 g/mol. The fourth-order valence-electron chi connectivity index (χ4n) is 1.65. The smallest absolute Gasteiger partial charge is 0.325 e. The van der Waals surface area contributed by atoms with E-state index in [0.717, 1.165) is 0 Å². The van der Waals surface area contributed by atoms with Crippen molar-refractivity contribution >= 4 is 23.7 Å². The molecule has 0 radical (unpaired) electrons. The van der Waals surface area contributed by atoms with Crippen molar-refractivity contribution in [2.75, 3.05) is 6.61 Å². The Kier molecular flexibility index (Phi) is 8.93. The summed E-state index contributed by atoms with van der Waals surface area (Å²) >= 11 is 0. The molecule has 0 rings (SSSR count). The lowest BCUT2D eigenvalue weighted by atomic mass is 10.0. The summed E-state index contributed by atoms with van der Waals surface area (Å²) < 4.78 is 0. The Bertz CT molecular complexity index is 482. The second-order valence-electron chi connectivity index (χ2n) is 5.82. The zero-order valence-corrected chi connectivity index (χ0v) is 14.2. The molecule has 24 heavy (non-hydrogen) atoms. The second kappa shape index (κ2) is 9.83. The maximum atomic E-state index is 12.1. The first-order valence-electron chi connectivity index (χ1n) is 7.51. The minimum absolute atomic E-state index is 0.308. The van der Waals surface area contributed by atoms with Gasteiger partial charge in [0.15, 0.2) is 0 Å². The van der Waals surface area contributed by atoms with Crippen LogP contribution in [-0.2, 0) is 19.2 Å². The molecule has 0 aromatic heterocycles. The van der Waals surface area contributed by atoms with Crippen LogP contribution in [0.25, 0.3) is 0 Å². The van der Waals surface area contributed by atoms with E-state index in [1.807, 2.05) is 0 Å². The first-order chi connectivity index (χ1) is 11.0. The molecule has 0 bridgehead atoms. The third-order valence-corrected chi connectivity index (χ3v) is 3.26. The van der Waals surface area contributed by atoms with Gasteiger partial charge in [-0.15, -0.1) is 0 Å². The quantitative estimate of drug-likeness (QED) is 0.269. The second-order valence-corrected chi connectivity index (χ2v) is 5.82. The summed E-state index contributed by atoms with van der Waals surface area (Å²) in [6, 6.07) is -4.21. The van der Waals surface area contributed by atoms with Gasteiger partial charge in [0.2, 0.25) is 17.7 Å². The molecule has 3 amide bonds. The topological polar surface area (TPSA) is 171 Å². The van der Waals surface area contributed by atoms with E-state index >= 15 is 0 Å². The van der Waals surface area contributed by atoms with E-state index in [1.165, 1.54) is 13.8 Å². The minimum atomic E-state index is -1.20.